The Morgan fingerprint density at radius 1 is 1.50 bits per heavy atom. The summed E-state index contributed by atoms with van der Waals surface area (Å²) in [6.07, 6.45) is 4.90. The van der Waals surface area contributed by atoms with Gasteiger partial charge in [-0.15, -0.1) is 0 Å². The van der Waals surface area contributed by atoms with Crippen LogP contribution in [0.1, 0.15) is 24.8 Å². The van der Waals surface area contributed by atoms with Crippen molar-refractivity contribution in [2.75, 3.05) is 12.9 Å². The van der Waals surface area contributed by atoms with Crippen LogP contribution in [0.5, 0.6) is 5.75 Å². The molecule has 4 heteroatoms. The third kappa shape index (κ3) is 3.64. The maximum absolute atomic E-state index is 5.73. The second-order valence-corrected chi connectivity index (χ2v) is 6.08. The molecule has 1 aliphatic rings. The van der Waals surface area contributed by atoms with Gasteiger partial charge in [-0.3, -0.25) is 11.3 Å². The number of nitrogens with two attached hydrogens (primary N) is 1. The molecule has 0 aromatic heterocycles. The molecular formula is C14H22N2OS. The van der Waals surface area contributed by atoms with Crippen molar-refractivity contribution in [1.29, 1.82) is 0 Å². The van der Waals surface area contributed by atoms with Crippen molar-refractivity contribution in [3.05, 3.63) is 29.8 Å². The number of hydrogen-bond acceptors (Lipinski definition) is 4. The molecule has 2 unspecified atom stereocenters. The SMILES string of the molecule is COc1cccc(CC(NN)C2CCCCS2)c1. The molecule has 0 bridgehead atoms. The average molecular weight is 266 g/mol. The Balaban J connectivity index is 1.99. The number of hydrogen-bond donors (Lipinski definition) is 2. The van der Waals surface area contributed by atoms with E-state index in [0.717, 1.165) is 12.2 Å². The first kappa shape index (κ1) is 13.7. The van der Waals surface area contributed by atoms with Crippen molar-refractivity contribution < 1.29 is 4.74 Å². The van der Waals surface area contributed by atoms with Gasteiger partial charge in [0.2, 0.25) is 0 Å². The maximum Gasteiger partial charge on any atom is 0.119 e. The first-order valence-electron chi connectivity index (χ1n) is 6.54. The van der Waals surface area contributed by atoms with Gasteiger partial charge in [0.15, 0.2) is 0 Å². The summed E-state index contributed by atoms with van der Waals surface area (Å²) in [6, 6.07) is 8.60. The topological polar surface area (TPSA) is 47.3 Å². The summed E-state index contributed by atoms with van der Waals surface area (Å²) in [5, 5.41) is 0.634. The van der Waals surface area contributed by atoms with E-state index in [0.29, 0.717) is 11.3 Å². The molecule has 1 aromatic carbocycles. The van der Waals surface area contributed by atoms with Crippen molar-refractivity contribution in [3.8, 4) is 5.75 Å². The van der Waals surface area contributed by atoms with E-state index in [1.54, 1.807) is 7.11 Å². The highest BCUT2D eigenvalue weighted by Crippen LogP contribution is 2.29. The lowest BCUT2D eigenvalue weighted by Gasteiger charge is -2.29. The lowest BCUT2D eigenvalue weighted by Crippen LogP contribution is -2.45. The van der Waals surface area contributed by atoms with E-state index in [1.165, 1.54) is 30.6 Å². The van der Waals surface area contributed by atoms with E-state index >= 15 is 0 Å². The largest absolute Gasteiger partial charge is 0.497 e. The zero-order valence-corrected chi connectivity index (χ0v) is 11.7. The number of hydrazine groups is 1. The van der Waals surface area contributed by atoms with Gasteiger partial charge in [0.25, 0.3) is 0 Å². The number of methoxy groups -OCH3 is 1. The van der Waals surface area contributed by atoms with Gasteiger partial charge in [-0.1, -0.05) is 18.6 Å². The summed E-state index contributed by atoms with van der Waals surface area (Å²) in [5.41, 5.74) is 4.28. The number of nitrogens with one attached hydrogen (secondary N) is 1. The minimum absolute atomic E-state index is 0.349. The van der Waals surface area contributed by atoms with Crippen LogP contribution in [-0.4, -0.2) is 24.2 Å². The Kier molecular flexibility index (Phi) is 5.35. The van der Waals surface area contributed by atoms with Crippen LogP contribution >= 0.6 is 11.8 Å². The normalized spacial score (nSPS) is 21.6. The Labute approximate surface area is 113 Å². The summed E-state index contributed by atoms with van der Waals surface area (Å²) in [4.78, 5) is 0. The summed E-state index contributed by atoms with van der Waals surface area (Å²) in [5.74, 6) is 7.91. The summed E-state index contributed by atoms with van der Waals surface area (Å²) in [6.45, 7) is 0. The molecule has 0 amide bonds. The molecule has 1 aliphatic heterocycles. The Morgan fingerprint density at radius 3 is 3.06 bits per heavy atom. The van der Waals surface area contributed by atoms with Crippen LogP contribution in [0.15, 0.2) is 24.3 Å². The first-order chi connectivity index (χ1) is 8.83. The number of benzene rings is 1. The molecule has 1 fully saturated rings. The van der Waals surface area contributed by atoms with Crippen LogP contribution in [0.2, 0.25) is 0 Å². The highest BCUT2D eigenvalue weighted by Gasteiger charge is 2.23. The van der Waals surface area contributed by atoms with Gasteiger partial charge in [0.1, 0.15) is 5.75 Å². The van der Waals surface area contributed by atoms with E-state index in [1.807, 2.05) is 12.1 Å². The van der Waals surface area contributed by atoms with Crippen LogP contribution in [0.25, 0.3) is 0 Å². The van der Waals surface area contributed by atoms with Crippen molar-refractivity contribution in [3.63, 3.8) is 0 Å². The van der Waals surface area contributed by atoms with Gasteiger partial charge < -0.3 is 4.74 Å². The van der Waals surface area contributed by atoms with Crippen LogP contribution in [0, 0.1) is 0 Å². The van der Waals surface area contributed by atoms with Gasteiger partial charge in [-0.25, -0.2) is 0 Å². The van der Waals surface area contributed by atoms with Crippen molar-refractivity contribution >= 4 is 11.8 Å². The van der Waals surface area contributed by atoms with Gasteiger partial charge in [-0.2, -0.15) is 11.8 Å². The van der Waals surface area contributed by atoms with Crippen molar-refractivity contribution in [2.45, 2.75) is 37.0 Å². The third-order valence-electron chi connectivity index (χ3n) is 3.47. The highest BCUT2D eigenvalue weighted by atomic mass is 32.2. The second kappa shape index (κ2) is 7.02. The van der Waals surface area contributed by atoms with Crippen LogP contribution < -0.4 is 16.0 Å². The molecule has 1 aromatic rings. The molecular weight excluding hydrogens is 244 g/mol. The Bertz CT molecular complexity index is 367. The second-order valence-electron chi connectivity index (χ2n) is 4.73. The molecule has 0 saturated carbocycles. The number of thioether (sulfide) groups is 1. The van der Waals surface area contributed by atoms with E-state index in [4.69, 9.17) is 10.6 Å². The van der Waals surface area contributed by atoms with Gasteiger partial charge in [-0.05, 0) is 42.7 Å². The molecule has 18 heavy (non-hydrogen) atoms. The highest BCUT2D eigenvalue weighted by molar-refractivity contribution is 8.00. The minimum Gasteiger partial charge on any atom is -0.497 e. The summed E-state index contributed by atoms with van der Waals surface area (Å²) < 4.78 is 5.26. The standard InChI is InChI=1S/C14H22N2OS/c1-17-12-6-4-5-11(9-12)10-13(16-15)14-7-2-3-8-18-14/h4-6,9,13-14,16H,2-3,7-8,10,15H2,1H3. The quantitative estimate of drug-likeness (QED) is 0.634. The molecule has 1 saturated heterocycles. The van der Waals surface area contributed by atoms with Crippen LogP contribution in [-0.2, 0) is 6.42 Å². The number of rotatable bonds is 5. The number of ether oxygens (including phenoxy) is 1. The van der Waals surface area contributed by atoms with Gasteiger partial charge in [0, 0.05) is 11.3 Å². The molecule has 0 aliphatic carbocycles. The van der Waals surface area contributed by atoms with E-state index in [9.17, 15) is 0 Å². The van der Waals surface area contributed by atoms with Gasteiger partial charge >= 0.3 is 0 Å². The predicted molar refractivity (Wildman–Crippen MR) is 77.9 cm³/mol. The molecule has 2 atom stereocenters. The average Bonchev–Trinajstić information content (AvgIpc) is 2.46. The molecule has 0 spiro atoms. The Morgan fingerprint density at radius 2 is 2.39 bits per heavy atom. The summed E-state index contributed by atoms with van der Waals surface area (Å²) >= 11 is 2.05. The lowest BCUT2D eigenvalue weighted by atomic mass is 10.00. The molecule has 100 valence electrons. The van der Waals surface area contributed by atoms with Gasteiger partial charge in [0.05, 0.1) is 7.11 Å². The first-order valence-corrected chi connectivity index (χ1v) is 7.59. The van der Waals surface area contributed by atoms with Crippen molar-refractivity contribution in [2.24, 2.45) is 5.84 Å². The van der Waals surface area contributed by atoms with Crippen molar-refractivity contribution in [1.82, 2.24) is 5.43 Å². The lowest BCUT2D eigenvalue weighted by molar-refractivity contribution is 0.413. The van der Waals surface area contributed by atoms with Crippen LogP contribution in [0.4, 0.5) is 0 Å². The third-order valence-corrected chi connectivity index (χ3v) is 4.98. The fraction of sp³-hybridized carbons (Fsp3) is 0.571. The van der Waals surface area contributed by atoms with E-state index in [2.05, 4.69) is 29.3 Å². The predicted octanol–water partition coefficient (Wildman–Crippen LogP) is 2.36. The smallest absolute Gasteiger partial charge is 0.119 e. The fourth-order valence-corrected chi connectivity index (χ4v) is 3.85. The Hall–Kier alpha value is -0.710. The summed E-state index contributed by atoms with van der Waals surface area (Å²) in [7, 11) is 1.70. The zero-order valence-electron chi connectivity index (χ0n) is 10.9. The molecule has 3 N–H and O–H groups in total. The monoisotopic (exact) mass is 266 g/mol. The van der Waals surface area contributed by atoms with E-state index < -0.39 is 0 Å². The van der Waals surface area contributed by atoms with Crippen LogP contribution in [0.3, 0.4) is 0 Å². The maximum atomic E-state index is 5.73. The molecule has 1 heterocycles. The fourth-order valence-electron chi connectivity index (χ4n) is 2.43. The molecule has 0 radical (unpaired) electrons. The molecule has 2 rings (SSSR count). The molecule has 3 nitrogen and oxygen atoms in total. The minimum atomic E-state index is 0.349. The zero-order chi connectivity index (χ0) is 12.8. The van der Waals surface area contributed by atoms with E-state index in [-0.39, 0.29) is 0 Å².